The third-order valence-electron chi connectivity index (χ3n) is 2.53. The molecule has 20 heavy (non-hydrogen) atoms. The third-order valence-corrected chi connectivity index (χ3v) is 5.06. The molecule has 9 heteroatoms. The summed E-state index contributed by atoms with van der Waals surface area (Å²) in [5.41, 5.74) is 0.451. The first-order valence-corrected chi connectivity index (χ1v) is 8.13. The Morgan fingerprint density at radius 2 is 2.20 bits per heavy atom. The number of carbonyl (C=O) groups is 2. The van der Waals surface area contributed by atoms with Gasteiger partial charge in [0.25, 0.3) is 0 Å². The minimum Gasteiger partial charge on any atom is -0.481 e. The van der Waals surface area contributed by atoms with Crippen molar-refractivity contribution in [3.8, 4) is 0 Å². The Balaban J connectivity index is 2.18. The van der Waals surface area contributed by atoms with Gasteiger partial charge in [0.2, 0.25) is 15.9 Å². The number of nitrogens with one attached hydrogen (secondary N) is 2. The molecule has 1 aliphatic heterocycles. The molecule has 1 aromatic rings. The van der Waals surface area contributed by atoms with E-state index < -0.39 is 16.0 Å². The number of hydrogen-bond donors (Lipinski definition) is 3. The summed E-state index contributed by atoms with van der Waals surface area (Å²) in [6, 6.07) is 4.40. The van der Waals surface area contributed by atoms with Gasteiger partial charge in [-0.05, 0) is 18.2 Å². The van der Waals surface area contributed by atoms with E-state index in [0.717, 1.165) is 4.90 Å². The summed E-state index contributed by atoms with van der Waals surface area (Å²) in [6.07, 6.45) is -0.295. The molecular formula is C11H12N2O5S2. The molecule has 0 radical (unpaired) electrons. The lowest BCUT2D eigenvalue weighted by molar-refractivity contribution is -0.136. The fourth-order valence-corrected chi connectivity index (χ4v) is 3.45. The molecule has 108 valence electrons. The first-order valence-electron chi connectivity index (χ1n) is 5.66. The molecular weight excluding hydrogens is 304 g/mol. The van der Waals surface area contributed by atoms with Crippen molar-refractivity contribution in [3.05, 3.63) is 18.2 Å². The van der Waals surface area contributed by atoms with Crippen LogP contribution in [0.2, 0.25) is 0 Å². The Bertz CT molecular complexity index is 657. The first kappa shape index (κ1) is 14.8. The highest BCUT2D eigenvalue weighted by Gasteiger charge is 2.20. The normalized spacial score (nSPS) is 14.5. The van der Waals surface area contributed by atoms with Crippen molar-refractivity contribution >= 4 is 39.3 Å². The van der Waals surface area contributed by atoms with Crippen LogP contribution >= 0.6 is 11.8 Å². The lowest BCUT2D eigenvalue weighted by atomic mass is 10.3. The zero-order valence-corrected chi connectivity index (χ0v) is 11.9. The highest BCUT2D eigenvalue weighted by molar-refractivity contribution is 8.00. The number of carboxylic acids is 1. The number of carbonyl (C=O) groups excluding carboxylic acids is 1. The molecule has 0 saturated heterocycles. The Hall–Kier alpha value is -1.58. The summed E-state index contributed by atoms with van der Waals surface area (Å²) < 4.78 is 26.1. The number of hydrogen-bond acceptors (Lipinski definition) is 5. The predicted molar refractivity (Wildman–Crippen MR) is 73.2 cm³/mol. The standard InChI is InChI=1S/C11H12N2O5S2/c14-10-6-19-9-2-1-7(5-8(9)13-10)20(17,18)12-4-3-11(15)16/h1-2,5,12H,3-4,6H2,(H,13,14)(H,15,16). The number of sulfonamides is 1. The average molecular weight is 316 g/mol. The molecule has 1 aliphatic rings. The van der Waals surface area contributed by atoms with E-state index in [1.807, 2.05) is 0 Å². The topological polar surface area (TPSA) is 113 Å². The molecule has 0 bridgehead atoms. The fraction of sp³-hybridized carbons (Fsp3) is 0.273. The van der Waals surface area contributed by atoms with Gasteiger partial charge in [-0.1, -0.05) is 0 Å². The number of amides is 1. The summed E-state index contributed by atoms with van der Waals surface area (Å²) >= 11 is 1.33. The quantitative estimate of drug-likeness (QED) is 0.728. The molecule has 0 saturated carbocycles. The second kappa shape index (κ2) is 5.81. The van der Waals surface area contributed by atoms with E-state index in [4.69, 9.17) is 5.11 Å². The molecule has 1 aromatic carbocycles. The van der Waals surface area contributed by atoms with Crippen LogP contribution in [0.3, 0.4) is 0 Å². The zero-order valence-electron chi connectivity index (χ0n) is 10.3. The van der Waals surface area contributed by atoms with Gasteiger partial charge in [-0.25, -0.2) is 13.1 Å². The monoisotopic (exact) mass is 316 g/mol. The van der Waals surface area contributed by atoms with Crippen molar-refractivity contribution in [2.75, 3.05) is 17.6 Å². The van der Waals surface area contributed by atoms with Crippen LogP contribution < -0.4 is 10.0 Å². The van der Waals surface area contributed by atoms with Gasteiger partial charge < -0.3 is 10.4 Å². The van der Waals surface area contributed by atoms with Gasteiger partial charge in [0, 0.05) is 11.4 Å². The molecule has 0 aliphatic carbocycles. The van der Waals surface area contributed by atoms with E-state index in [-0.39, 0.29) is 23.8 Å². The van der Waals surface area contributed by atoms with Crippen LogP contribution in [0.25, 0.3) is 0 Å². The smallest absolute Gasteiger partial charge is 0.304 e. The summed E-state index contributed by atoms with van der Waals surface area (Å²) in [6.45, 7) is -0.185. The largest absolute Gasteiger partial charge is 0.481 e. The number of benzene rings is 1. The molecule has 1 heterocycles. The highest BCUT2D eigenvalue weighted by Crippen LogP contribution is 2.32. The van der Waals surface area contributed by atoms with E-state index >= 15 is 0 Å². The third kappa shape index (κ3) is 3.50. The molecule has 0 fully saturated rings. The van der Waals surface area contributed by atoms with Gasteiger partial charge in [-0.2, -0.15) is 0 Å². The maximum absolute atomic E-state index is 12.0. The predicted octanol–water partition coefficient (Wildman–Crippen LogP) is 0.484. The van der Waals surface area contributed by atoms with Crippen LogP contribution in [-0.4, -0.2) is 37.7 Å². The lowest BCUT2D eigenvalue weighted by Gasteiger charge is -2.17. The Labute approximate surface area is 119 Å². The second-order valence-electron chi connectivity index (χ2n) is 4.04. The Morgan fingerprint density at radius 1 is 1.45 bits per heavy atom. The summed E-state index contributed by atoms with van der Waals surface area (Å²) in [5, 5.41) is 11.1. The summed E-state index contributed by atoms with van der Waals surface area (Å²) in [5.74, 6) is -0.964. The van der Waals surface area contributed by atoms with Gasteiger partial charge in [0.1, 0.15) is 0 Å². The van der Waals surface area contributed by atoms with Crippen LogP contribution in [0.1, 0.15) is 6.42 Å². The average Bonchev–Trinajstić information content (AvgIpc) is 2.37. The van der Waals surface area contributed by atoms with E-state index in [1.54, 1.807) is 6.07 Å². The second-order valence-corrected chi connectivity index (χ2v) is 6.82. The van der Waals surface area contributed by atoms with Crippen molar-refractivity contribution in [2.24, 2.45) is 0 Å². The minimum atomic E-state index is -3.78. The molecule has 0 atom stereocenters. The summed E-state index contributed by atoms with van der Waals surface area (Å²) in [7, 11) is -3.78. The Kier molecular flexibility index (Phi) is 4.31. The molecule has 0 aromatic heterocycles. The maximum Gasteiger partial charge on any atom is 0.304 e. The van der Waals surface area contributed by atoms with Crippen LogP contribution in [0.4, 0.5) is 5.69 Å². The van der Waals surface area contributed by atoms with E-state index in [0.29, 0.717) is 11.4 Å². The number of thioether (sulfide) groups is 1. The van der Waals surface area contributed by atoms with Gasteiger partial charge in [0.05, 0.1) is 22.8 Å². The van der Waals surface area contributed by atoms with Crippen LogP contribution in [0.5, 0.6) is 0 Å². The minimum absolute atomic E-state index is 0.00978. The zero-order chi connectivity index (χ0) is 14.8. The van der Waals surface area contributed by atoms with Gasteiger partial charge in [0.15, 0.2) is 0 Å². The molecule has 0 spiro atoms. The number of fused-ring (bicyclic) bond motifs is 1. The molecule has 1 amide bonds. The van der Waals surface area contributed by atoms with Gasteiger partial charge in [-0.3, -0.25) is 9.59 Å². The lowest BCUT2D eigenvalue weighted by Crippen LogP contribution is -2.26. The van der Waals surface area contributed by atoms with E-state index in [1.165, 1.54) is 23.9 Å². The number of carboxylic acid groups (broad SMARTS) is 1. The number of aliphatic carboxylic acids is 1. The molecule has 7 nitrogen and oxygen atoms in total. The molecule has 2 rings (SSSR count). The van der Waals surface area contributed by atoms with Gasteiger partial charge >= 0.3 is 5.97 Å². The maximum atomic E-state index is 12.0. The van der Waals surface area contributed by atoms with Gasteiger partial charge in [-0.15, -0.1) is 11.8 Å². The van der Waals surface area contributed by atoms with Crippen molar-refractivity contribution in [2.45, 2.75) is 16.2 Å². The van der Waals surface area contributed by atoms with Crippen molar-refractivity contribution in [1.29, 1.82) is 0 Å². The van der Waals surface area contributed by atoms with Crippen LogP contribution in [-0.2, 0) is 19.6 Å². The molecule has 0 unspecified atom stereocenters. The highest BCUT2D eigenvalue weighted by atomic mass is 32.2. The van der Waals surface area contributed by atoms with Crippen molar-refractivity contribution < 1.29 is 23.1 Å². The van der Waals surface area contributed by atoms with E-state index in [9.17, 15) is 18.0 Å². The van der Waals surface area contributed by atoms with Crippen molar-refractivity contribution in [1.82, 2.24) is 4.72 Å². The first-order chi connectivity index (χ1) is 9.38. The number of anilines is 1. The molecule has 3 N–H and O–H groups in total. The summed E-state index contributed by atoms with van der Waals surface area (Å²) in [4.78, 5) is 22.4. The van der Waals surface area contributed by atoms with Crippen LogP contribution in [0, 0.1) is 0 Å². The van der Waals surface area contributed by atoms with E-state index in [2.05, 4.69) is 10.0 Å². The van der Waals surface area contributed by atoms with Crippen molar-refractivity contribution in [3.63, 3.8) is 0 Å². The SMILES string of the molecule is O=C(O)CCNS(=O)(=O)c1ccc2c(c1)NC(=O)CS2. The number of rotatable bonds is 5. The fourth-order valence-electron chi connectivity index (χ4n) is 1.61. The van der Waals surface area contributed by atoms with Crippen LogP contribution in [0.15, 0.2) is 28.0 Å². The Morgan fingerprint density at radius 3 is 2.90 bits per heavy atom.